The average Bonchev–Trinajstić information content (AvgIpc) is 2.30. The molecule has 6 heteroatoms. The van der Waals surface area contributed by atoms with E-state index in [1.54, 1.807) is 30.5 Å². The third-order valence-electron chi connectivity index (χ3n) is 2.07. The van der Waals surface area contributed by atoms with Gasteiger partial charge in [-0.25, -0.2) is 4.98 Å². The van der Waals surface area contributed by atoms with Crippen molar-refractivity contribution in [1.82, 2.24) is 4.98 Å². The Labute approximate surface area is 124 Å². The van der Waals surface area contributed by atoms with E-state index in [1.165, 1.54) is 0 Å². The molecule has 1 aromatic heterocycles. The van der Waals surface area contributed by atoms with Crippen molar-refractivity contribution in [1.29, 1.82) is 0 Å². The Bertz CT molecular complexity index is 554. The normalized spacial score (nSPS) is 10.4. The monoisotopic (exact) mass is 321 g/mol. The van der Waals surface area contributed by atoms with Crippen molar-refractivity contribution in [3.05, 3.63) is 51.1 Å². The Kier molecular flexibility index (Phi) is 4.57. The lowest BCUT2D eigenvalue weighted by molar-refractivity contribution is 0.463. The minimum atomic E-state index is 0.281. The summed E-state index contributed by atoms with van der Waals surface area (Å²) in [4.78, 5) is 4.08. The highest BCUT2D eigenvalue weighted by Crippen LogP contribution is 2.31. The van der Waals surface area contributed by atoms with E-state index < -0.39 is 0 Å². The fraction of sp³-hybridized carbons (Fsp3) is 0.0833. The molecule has 0 bridgehead atoms. The van der Waals surface area contributed by atoms with E-state index >= 15 is 0 Å². The smallest absolute Gasteiger partial charge is 0.238 e. The standard InChI is InChI=1S/C12H7Cl4NO/c13-5-7-1-11(16)12(17-6-7)18-10-3-8(14)2-9(15)4-10/h1-4,6H,5H2. The molecule has 0 amide bonds. The first-order valence-corrected chi connectivity index (χ1v) is 6.59. The maximum Gasteiger partial charge on any atom is 0.238 e. The SMILES string of the molecule is ClCc1cnc(Oc2cc(Cl)cc(Cl)c2)c(Cl)c1. The highest BCUT2D eigenvalue weighted by atomic mass is 35.5. The minimum absolute atomic E-state index is 0.281. The van der Waals surface area contributed by atoms with Crippen molar-refractivity contribution in [3.8, 4) is 11.6 Å². The molecule has 0 atom stereocenters. The van der Waals surface area contributed by atoms with E-state index in [1.807, 2.05) is 0 Å². The molecule has 94 valence electrons. The van der Waals surface area contributed by atoms with Crippen molar-refractivity contribution < 1.29 is 4.74 Å². The summed E-state index contributed by atoms with van der Waals surface area (Å²) in [5.74, 6) is 1.10. The number of benzene rings is 1. The summed E-state index contributed by atoms with van der Waals surface area (Å²) >= 11 is 23.4. The van der Waals surface area contributed by atoms with E-state index in [0.29, 0.717) is 26.7 Å². The molecule has 0 fully saturated rings. The minimum Gasteiger partial charge on any atom is -0.437 e. The molecule has 1 aromatic carbocycles. The van der Waals surface area contributed by atoms with Crippen molar-refractivity contribution in [2.24, 2.45) is 0 Å². The van der Waals surface area contributed by atoms with Gasteiger partial charge in [0.15, 0.2) is 0 Å². The molecule has 0 aliphatic carbocycles. The molecule has 0 saturated carbocycles. The van der Waals surface area contributed by atoms with Crippen LogP contribution in [0.4, 0.5) is 0 Å². The molecule has 0 aliphatic rings. The number of hydrogen-bond acceptors (Lipinski definition) is 2. The largest absolute Gasteiger partial charge is 0.437 e. The van der Waals surface area contributed by atoms with Gasteiger partial charge in [0.2, 0.25) is 5.88 Å². The molecule has 2 aromatic rings. The maximum absolute atomic E-state index is 6.03. The van der Waals surface area contributed by atoms with Crippen LogP contribution in [-0.2, 0) is 5.88 Å². The summed E-state index contributed by atoms with van der Waals surface area (Å²) in [6.07, 6.45) is 1.60. The molecular weight excluding hydrogens is 316 g/mol. The molecular formula is C12H7Cl4NO. The molecule has 2 nitrogen and oxygen atoms in total. The first kappa shape index (κ1) is 13.8. The second-order valence-corrected chi connectivity index (χ2v) is 5.02. The predicted octanol–water partition coefficient (Wildman–Crippen LogP) is 5.57. The Morgan fingerprint density at radius 3 is 2.22 bits per heavy atom. The molecule has 0 spiro atoms. The quantitative estimate of drug-likeness (QED) is 0.689. The maximum atomic E-state index is 6.03. The van der Waals surface area contributed by atoms with E-state index in [9.17, 15) is 0 Å². The van der Waals surface area contributed by atoms with Crippen LogP contribution in [-0.4, -0.2) is 4.98 Å². The van der Waals surface area contributed by atoms with Crippen molar-refractivity contribution >= 4 is 46.4 Å². The van der Waals surface area contributed by atoms with E-state index in [-0.39, 0.29) is 5.88 Å². The van der Waals surface area contributed by atoms with Gasteiger partial charge in [-0.05, 0) is 29.8 Å². The van der Waals surface area contributed by atoms with Gasteiger partial charge in [0.05, 0.1) is 0 Å². The highest BCUT2D eigenvalue weighted by Gasteiger charge is 2.07. The topological polar surface area (TPSA) is 22.1 Å². The van der Waals surface area contributed by atoms with Crippen molar-refractivity contribution in [3.63, 3.8) is 0 Å². The van der Waals surface area contributed by atoms with Crippen LogP contribution in [0.1, 0.15) is 5.56 Å². The zero-order valence-electron chi connectivity index (χ0n) is 8.96. The zero-order valence-corrected chi connectivity index (χ0v) is 12.0. The van der Waals surface area contributed by atoms with Gasteiger partial charge in [0, 0.05) is 22.1 Å². The molecule has 0 N–H and O–H groups in total. The van der Waals surface area contributed by atoms with Gasteiger partial charge in [-0.15, -0.1) is 11.6 Å². The lowest BCUT2D eigenvalue weighted by Crippen LogP contribution is -1.91. The summed E-state index contributed by atoms with van der Waals surface area (Å²) in [6.45, 7) is 0. The van der Waals surface area contributed by atoms with Crippen molar-refractivity contribution in [2.75, 3.05) is 0 Å². The first-order chi connectivity index (χ1) is 8.58. The Morgan fingerprint density at radius 2 is 1.67 bits per heavy atom. The van der Waals surface area contributed by atoms with Gasteiger partial charge >= 0.3 is 0 Å². The van der Waals surface area contributed by atoms with Crippen LogP contribution in [0.25, 0.3) is 0 Å². The Hall–Kier alpha value is -0.670. The molecule has 0 unspecified atom stereocenters. The molecule has 18 heavy (non-hydrogen) atoms. The Balaban J connectivity index is 2.28. The van der Waals surface area contributed by atoms with Gasteiger partial charge in [0.1, 0.15) is 10.8 Å². The van der Waals surface area contributed by atoms with Crippen LogP contribution in [0.15, 0.2) is 30.5 Å². The van der Waals surface area contributed by atoms with E-state index in [4.69, 9.17) is 51.1 Å². The summed E-state index contributed by atoms with van der Waals surface area (Å²) in [5.41, 5.74) is 0.818. The van der Waals surface area contributed by atoms with Crippen LogP contribution < -0.4 is 4.74 Å². The van der Waals surface area contributed by atoms with Gasteiger partial charge in [-0.1, -0.05) is 34.8 Å². The fourth-order valence-electron chi connectivity index (χ4n) is 1.31. The fourth-order valence-corrected chi connectivity index (χ4v) is 2.19. The van der Waals surface area contributed by atoms with E-state index in [0.717, 1.165) is 5.56 Å². The van der Waals surface area contributed by atoms with Crippen LogP contribution in [0, 0.1) is 0 Å². The highest BCUT2D eigenvalue weighted by molar-refractivity contribution is 6.34. The third kappa shape index (κ3) is 3.42. The number of halogens is 4. The molecule has 0 aliphatic heterocycles. The summed E-state index contributed by atoms with van der Waals surface area (Å²) in [7, 11) is 0. The van der Waals surface area contributed by atoms with Crippen LogP contribution in [0.3, 0.4) is 0 Å². The number of pyridine rings is 1. The predicted molar refractivity (Wildman–Crippen MR) is 75.3 cm³/mol. The lowest BCUT2D eigenvalue weighted by atomic mass is 10.3. The van der Waals surface area contributed by atoms with Crippen LogP contribution in [0.5, 0.6) is 11.6 Å². The summed E-state index contributed by atoms with van der Waals surface area (Å²) < 4.78 is 5.52. The van der Waals surface area contributed by atoms with Crippen LogP contribution in [0.2, 0.25) is 15.1 Å². The van der Waals surface area contributed by atoms with Crippen molar-refractivity contribution in [2.45, 2.75) is 5.88 Å². The second kappa shape index (κ2) is 5.98. The molecule has 1 heterocycles. The number of ether oxygens (including phenoxy) is 1. The number of alkyl halides is 1. The van der Waals surface area contributed by atoms with Gasteiger partial charge in [-0.2, -0.15) is 0 Å². The van der Waals surface area contributed by atoms with E-state index in [2.05, 4.69) is 4.98 Å². The van der Waals surface area contributed by atoms with Gasteiger partial charge in [-0.3, -0.25) is 0 Å². The summed E-state index contributed by atoms with van der Waals surface area (Å²) in [6, 6.07) is 6.56. The average molecular weight is 323 g/mol. The van der Waals surface area contributed by atoms with Gasteiger partial charge < -0.3 is 4.74 Å². The number of nitrogens with zero attached hydrogens (tertiary/aromatic N) is 1. The molecule has 0 radical (unpaired) electrons. The first-order valence-electron chi connectivity index (χ1n) is 4.93. The third-order valence-corrected chi connectivity index (χ3v) is 3.08. The summed E-state index contributed by atoms with van der Waals surface area (Å²) in [5, 5.41) is 1.33. The Morgan fingerprint density at radius 1 is 1.00 bits per heavy atom. The number of rotatable bonds is 3. The number of aromatic nitrogens is 1. The lowest BCUT2D eigenvalue weighted by Gasteiger charge is -2.08. The number of hydrogen-bond donors (Lipinski definition) is 0. The zero-order chi connectivity index (χ0) is 13.1. The molecule has 0 saturated heterocycles. The van der Waals surface area contributed by atoms with Gasteiger partial charge in [0.25, 0.3) is 0 Å². The molecule has 2 rings (SSSR count). The second-order valence-electron chi connectivity index (χ2n) is 3.47. The van der Waals surface area contributed by atoms with Crippen LogP contribution >= 0.6 is 46.4 Å².